The maximum Gasteiger partial charge on any atom is 0.158 e. The second-order valence-corrected chi connectivity index (χ2v) is 4.22. The van der Waals surface area contributed by atoms with E-state index in [9.17, 15) is 0 Å². The Morgan fingerprint density at radius 2 is 2.00 bits per heavy atom. The summed E-state index contributed by atoms with van der Waals surface area (Å²) in [7, 11) is 1.94. The Balaban J connectivity index is 2.22. The highest BCUT2D eigenvalue weighted by atomic mass is 16.7. The zero-order valence-corrected chi connectivity index (χ0v) is 11.9. The van der Waals surface area contributed by atoms with Gasteiger partial charge in [0.15, 0.2) is 6.29 Å². The molecule has 1 N–H and O–H groups in total. The lowest BCUT2D eigenvalue weighted by Crippen LogP contribution is -2.24. The average Bonchev–Trinajstić information content (AvgIpc) is 2.64. The van der Waals surface area contributed by atoms with Crippen LogP contribution in [0.5, 0.6) is 0 Å². The van der Waals surface area contributed by atoms with Gasteiger partial charge in [-0.25, -0.2) is 0 Å². The summed E-state index contributed by atoms with van der Waals surface area (Å²) in [5, 5.41) is 7.70. The maximum absolute atomic E-state index is 5.48. The fraction of sp³-hybridized carbons (Fsp3) is 0.769. The minimum atomic E-state index is -0.0949. The lowest BCUT2D eigenvalue weighted by Gasteiger charge is -2.16. The molecule has 0 spiro atoms. The van der Waals surface area contributed by atoms with Crippen LogP contribution in [-0.2, 0) is 23.1 Å². The van der Waals surface area contributed by atoms with Crippen LogP contribution in [0.15, 0.2) is 6.20 Å². The molecule has 1 rings (SSSR count). The minimum Gasteiger partial charge on any atom is -0.353 e. The number of aryl methyl sites for hydroxylation is 2. The molecule has 18 heavy (non-hydrogen) atoms. The molecule has 0 unspecified atom stereocenters. The van der Waals surface area contributed by atoms with Gasteiger partial charge in [0.2, 0.25) is 0 Å². The molecule has 104 valence electrons. The second-order valence-electron chi connectivity index (χ2n) is 4.22. The van der Waals surface area contributed by atoms with Gasteiger partial charge in [-0.1, -0.05) is 0 Å². The number of nitrogens with one attached hydrogen (secondary N) is 1. The molecule has 5 nitrogen and oxygen atoms in total. The smallest absolute Gasteiger partial charge is 0.158 e. The highest BCUT2D eigenvalue weighted by molar-refractivity contribution is 5.14. The van der Waals surface area contributed by atoms with E-state index in [0.717, 1.165) is 25.2 Å². The first kappa shape index (κ1) is 15.1. The van der Waals surface area contributed by atoms with Crippen molar-refractivity contribution in [3.63, 3.8) is 0 Å². The standard InChI is InChI=1S/C13H25N3O2/c1-5-17-13(18-6-2)7-8-14-9-12-10-16(4)15-11(12)3/h10,13-14H,5-9H2,1-4H3. The number of hydrogen-bond donors (Lipinski definition) is 1. The molecular weight excluding hydrogens is 230 g/mol. The fourth-order valence-corrected chi connectivity index (χ4v) is 1.85. The monoisotopic (exact) mass is 255 g/mol. The van der Waals surface area contributed by atoms with Crippen molar-refractivity contribution >= 4 is 0 Å². The Hall–Kier alpha value is -0.910. The normalized spacial score (nSPS) is 11.4. The Bertz CT molecular complexity index is 333. The van der Waals surface area contributed by atoms with Crippen molar-refractivity contribution in [2.45, 2.75) is 40.0 Å². The topological polar surface area (TPSA) is 48.3 Å². The fourth-order valence-electron chi connectivity index (χ4n) is 1.85. The number of aromatic nitrogens is 2. The van der Waals surface area contributed by atoms with E-state index >= 15 is 0 Å². The molecule has 0 saturated heterocycles. The molecule has 0 amide bonds. The summed E-state index contributed by atoms with van der Waals surface area (Å²) in [5.74, 6) is 0. The van der Waals surface area contributed by atoms with Crippen molar-refractivity contribution in [3.8, 4) is 0 Å². The SMILES string of the molecule is CCOC(CCNCc1cn(C)nc1C)OCC. The molecule has 0 bridgehead atoms. The Kier molecular flexibility index (Phi) is 6.93. The van der Waals surface area contributed by atoms with Crippen molar-refractivity contribution in [2.75, 3.05) is 19.8 Å². The number of nitrogens with zero attached hydrogens (tertiary/aromatic N) is 2. The van der Waals surface area contributed by atoms with Crippen LogP contribution in [-0.4, -0.2) is 35.8 Å². The van der Waals surface area contributed by atoms with Crippen LogP contribution < -0.4 is 5.32 Å². The summed E-state index contributed by atoms with van der Waals surface area (Å²) in [6, 6.07) is 0. The lowest BCUT2D eigenvalue weighted by molar-refractivity contribution is -0.138. The first-order valence-electron chi connectivity index (χ1n) is 6.60. The van der Waals surface area contributed by atoms with Crippen molar-refractivity contribution in [1.29, 1.82) is 0 Å². The third kappa shape index (κ3) is 5.16. The molecule has 0 atom stereocenters. The van der Waals surface area contributed by atoms with Gasteiger partial charge in [-0.2, -0.15) is 5.10 Å². The van der Waals surface area contributed by atoms with Gasteiger partial charge in [0.05, 0.1) is 5.69 Å². The predicted molar refractivity (Wildman–Crippen MR) is 71.3 cm³/mol. The van der Waals surface area contributed by atoms with Crippen molar-refractivity contribution in [1.82, 2.24) is 15.1 Å². The summed E-state index contributed by atoms with van der Waals surface area (Å²) in [4.78, 5) is 0. The molecule has 5 heteroatoms. The van der Waals surface area contributed by atoms with E-state index in [-0.39, 0.29) is 6.29 Å². The molecular formula is C13H25N3O2. The van der Waals surface area contributed by atoms with Gasteiger partial charge in [-0.05, 0) is 20.8 Å². The van der Waals surface area contributed by atoms with E-state index in [4.69, 9.17) is 9.47 Å². The molecule has 0 aliphatic heterocycles. The van der Waals surface area contributed by atoms with Gasteiger partial charge in [0.25, 0.3) is 0 Å². The summed E-state index contributed by atoms with van der Waals surface area (Å²) < 4.78 is 12.8. The van der Waals surface area contributed by atoms with E-state index in [1.807, 2.05) is 38.7 Å². The third-order valence-electron chi connectivity index (χ3n) is 2.69. The summed E-state index contributed by atoms with van der Waals surface area (Å²) in [6.45, 7) is 9.08. The van der Waals surface area contributed by atoms with Crippen LogP contribution in [0, 0.1) is 6.92 Å². The van der Waals surface area contributed by atoms with E-state index in [1.165, 1.54) is 5.56 Å². The van der Waals surface area contributed by atoms with Gasteiger partial charge < -0.3 is 14.8 Å². The molecule has 1 heterocycles. The molecule has 1 aromatic rings. The second kappa shape index (κ2) is 8.24. The van der Waals surface area contributed by atoms with Crippen LogP contribution in [0.1, 0.15) is 31.5 Å². The van der Waals surface area contributed by atoms with Gasteiger partial charge >= 0.3 is 0 Å². The van der Waals surface area contributed by atoms with E-state index in [2.05, 4.69) is 10.4 Å². The minimum absolute atomic E-state index is 0.0949. The molecule has 0 aliphatic rings. The maximum atomic E-state index is 5.48. The zero-order chi connectivity index (χ0) is 13.4. The van der Waals surface area contributed by atoms with Crippen LogP contribution in [0.4, 0.5) is 0 Å². The zero-order valence-electron chi connectivity index (χ0n) is 11.9. The van der Waals surface area contributed by atoms with Crippen molar-refractivity contribution < 1.29 is 9.47 Å². The molecule has 0 radical (unpaired) electrons. The molecule has 0 fully saturated rings. The predicted octanol–water partition coefficient (Wildman–Crippen LogP) is 1.61. The van der Waals surface area contributed by atoms with Crippen molar-refractivity contribution in [3.05, 3.63) is 17.5 Å². The molecule has 0 aliphatic carbocycles. The van der Waals surface area contributed by atoms with Gasteiger partial charge in [0.1, 0.15) is 0 Å². The average molecular weight is 255 g/mol. The highest BCUT2D eigenvalue weighted by Gasteiger charge is 2.07. The van der Waals surface area contributed by atoms with Gasteiger partial charge in [-0.15, -0.1) is 0 Å². The summed E-state index contributed by atoms with van der Waals surface area (Å²) in [5.41, 5.74) is 2.32. The van der Waals surface area contributed by atoms with Gasteiger partial charge in [-0.3, -0.25) is 4.68 Å². The molecule has 0 aromatic carbocycles. The van der Waals surface area contributed by atoms with Crippen LogP contribution in [0.2, 0.25) is 0 Å². The van der Waals surface area contributed by atoms with E-state index < -0.39 is 0 Å². The molecule has 0 saturated carbocycles. The van der Waals surface area contributed by atoms with E-state index in [0.29, 0.717) is 13.2 Å². The largest absolute Gasteiger partial charge is 0.353 e. The van der Waals surface area contributed by atoms with Gasteiger partial charge in [0, 0.05) is 51.5 Å². The number of hydrogen-bond acceptors (Lipinski definition) is 4. The number of rotatable bonds is 9. The first-order valence-corrected chi connectivity index (χ1v) is 6.60. The summed E-state index contributed by atoms with van der Waals surface area (Å²) in [6.07, 6.45) is 2.81. The Morgan fingerprint density at radius 1 is 1.33 bits per heavy atom. The molecule has 1 aromatic heterocycles. The lowest BCUT2D eigenvalue weighted by atomic mass is 10.2. The van der Waals surface area contributed by atoms with Crippen molar-refractivity contribution in [2.24, 2.45) is 7.05 Å². The Morgan fingerprint density at radius 3 is 2.50 bits per heavy atom. The van der Waals surface area contributed by atoms with Crippen LogP contribution in [0.3, 0.4) is 0 Å². The first-order chi connectivity index (χ1) is 8.67. The van der Waals surface area contributed by atoms with E-state index in [1.54, 1.807) is 0 Å². The van der Waals surface area contributed by atoms with Crippen LogP contribution in [0.25, 0.3) is 0 Å². The Labute approximate surface area is 109 Å². The number of ether oxygens (including phenoxy) is 2. The third-order valence-corrected chi connectivity index (χ3v) is 2.69. The summed E-state index contributed by atoms with van der Waals surface area (Å²) >= 11 is 0. The quantitative estimate of drug-likeness (QED) is 0.538. The highest BCUT2D eigenvalue weighted by Crippen LogP contribution is 2.04. The van der Waals surface area contributed by atoms with Crippen LogP contribution >= 0.6 is 0 Å².